The number of rotatable bonds is 3. The number of carbonyl (C=O) groups is 1. The van der Waals surface area contributed by atoms with Gasteiger partial charge >= 0.3 is 0 Å². The van der Waals surface area contributed by atoms with Gasteiger partial charge in [0.2, 0.25) is 5.91 Å². The van der Waals surface area contributed by atoms with Crippen LogP contribution in [-0.4, -0.2) is 63.7 Å². The molecule has 1 fully saturated rings. The Bertz CT molecular complexity index is 520. The lowest BCUT2D eigenvalue weighted by Gasteiger charge is -2.34. The highest BCUT2D eigenvalue weighted by atomic mass is 16.3. The van der Waals surface area contributed by atoms with E-state index in [2.05, 4.69) is 14.5 Å². The second-order valence-electron chi connectivity index (χ2n) is 6.45. The highest BCUT2D eigenvalue weighted by molar-refractivity contribution is 5.79. The summed E-state index contributed by atoms with van der Waals surface area (Å²) in [7, 11) is 4.10. The number of imidazole rings is 1. The number of hydrogen-bond acceptors (Lipinski definition) is 4. The fraction of sp³-hybridized carbons (Fsp3) is 0.733. The number of amides is 1. The average molecular weight is 292 g/mol. The van der Waals surface area contributed by atoms with E-state index < -0.39 is 0 Å². The second-order valence-corrected chi connectivity index (χ2v) is 6.45. The van der Waals surface area contributed by atoms with E-state index in [0.717, 1.165) is 38.4 Å². The Morgan fingerprint density at radius 1 is 1.38 bits per heavy atom. The number of aliphatic hydroxyl groups is 1. The topological polar surface area (TPSA) is 61.6 Å². The molecule has 0 saturated heterocycles. The van der Waals surface area contributed by atoms with Crippen molar-refractivity contribution < 1.29 is 9.90 Å². The molecule has 0 atom stereocenters. The number of nitrogens with zero attached hydrogens (tertiary/aromatic N) is 4. The summed E-state index contributed by atoms with van der Waals surface area (Å²) >= 11 is 0. The van der Waals surface area contributed by atoms with Crippen LogP contribution in [0, 0.1) is 5.92 Å². The Kier molecular flexibility index (Phi) is 3.99. The normalized spacial score (nSPS) is 25.4. The molecular weight excluding hydrogens is 268 g/mol. The predicted molar refractivity (Wildman–Crippen MR) is 78.6 cm³/mol. The van der Waals surface area contributed by atoms with Crippen molar-refractivity contribution in [3.8, 4) is 0 Å². The molecule has 0 unspecified atom stereocenters. The first-order valence-corrected chi connectivity index (χ1v) is 7.69. The number of hydrogen-bond donors (Lipinski definition) is 1. The van der Waals surface area contributed by atoms with E-state index in [-0.39, 0.29) is 17.9 Å². The number of aromatic nitrogens is 2. The highest BCUT2D eigenvalue weighted by Crippen LogP contribution is 2.29. The lowest BCUT2D eigenvalue weighted by Crippen LogP contribution is -2.44. The Balaban J connectivity index is 1.65. The van der Waals surface area contributed by atoms with Crippen LogP contribution in [0.4, 0.5) is 0 Å². The summed E-state index contributed by atoms with van der Waals surface area (Å²) in [6.07, 6.45) is 3.76. The van der Waals surface area contributed by atoms with Gasteiger partial charge in [0.25, 0.3) is 0 Å². The molecule has 21 heavy (non-hydrogen) atoms. The average Bonchev–Trinajstić information content (AvgIpc) is 2.65. The van der Waals surface area contributed by atoms with Gasteiger partial charge in [0.1, 0.15) is 5.82 Å². The monoisotopic (exact) mass is 292 g/mol. The van der Waals surface area contributed by atoms with Crippen molar-refractivity contribution >= 4 is 5.91 Å². The molecule has 2 aliphatic rings. The highest BCUT2D eigenvalue weighted by Gasteiger charge is 2.36. The minimum atomic E-state index is -0.270. The van der Waals surface area contributed by atoms with Crippen molar-refractivity contribution in [2.75, 3.05) is 27.2 Å². The summed E-state index contributed by atoms with van der Waals surface area (Å²) in [6, 6.07) is 0. The van der Waals surface area contributed by atoms with Gasteiger partial charge < -0.3 is 19.5 Å². The summed E-state index contributed by atoms with van der Waals surface area (Å²) in [5.74, 6) is 1.32. The van der Waals surface area contributed by atoms with Gasteiger partial charge in [0, 0.05) is 44.7 Å². The van der Waals surface area contributed by atoms with Crippen molar-refractivity contribution in [3.05, 3.63) is 17.7 Å². The van der Waals surface area contributed by atoms with E-state index in [1.165, 1.54) is 5.69 Å². The largest absolute Gasteiger partial charge is 0.393 e. The zero-order chi connectivity index (χ0) is 15.0. The summed E-state index contributed by atoms with van der Waals surface area (Å²) < 4.78 is 2.25. The molecule has 3 rings (SSSR count). The SMILES string of the molecule is CN(C)Cc1cnc2n1CCN(C(=O)C1CC(O)C1)CC2. The standard InChI is InChI=1S/C15H24N4O2/c1-17(2)10-12-9-16-14-3-4-18(5-6-19(12)14)15(21)11-7-13(20)8-11/h9,11,13,20H,3-8,10H2,1-2H3. The van der Waals surface area contributed by atoms with E-state index >= 15 is 0 Å². The fourth-order valence-corrected chi connectivity index (χ4v) is 3.21. The van der Waals surface area contributed by atoms with Gasteiger partial charge in [0.05, 0.1) is 11.8 Å². The maximum Gasteiger partial charge on any atom is 0.225 e. The van der Waals surface area contributed by atoms with Gasteiger partial charge in [-0.25, -0.2) is 4.98 Å². The zero-order valence-electron chi connectivity index (χ0n) is 12.8. The smallest absolute Gasteiger partial charge is 0.225 e. The van der Waals surface area contributed by atoms with Gasteiger partial charge in [-0.1, -0.05) is 0 Å². The van der Waals surface area contributed by atoms with Gasteiger partial charge in [-0.15, -0.1) is 0 Å². The molecule has 6 heteroatoms. The lowest BCUT2D eigenvalue weighted by atomic mass is 9.81. The number of carbonyl (C=O) groups excluding carboxylic acids is 1. The van der Waals surface area contributed by atoms with E-state index in [9.17, 15) is 9.90 Å². The summed E-state index contributed by atoms with van der Waals surface area (Å²) in [4.78, 5) is 21.0. The van der Waals surface area contributed by atoms with E-state index in [1.807, 2.05) is 25.2 Å². The molecule has 6 nitrogen and oxygen atoms in total. The van der Waals surface area contributed by atoms with Gasteiger partial charge in [-0.3, -0.25) is 4.79 Å². The predicted octanol–water partition coefficient (Wildman–Crippen LogP) is 0.100. The second kappa shape index (κ2) is 5.77. The summed E-state index contributed by atoms with van der Waals surface area (Å²) in [5.41, 5.74) is 1.21. The molecule has 1 aliphatic carbocycles. The molecule has 1 saturated carbocycles. The van der Waals surface area contributed by atoms with Gasteiger partial charge in [-0.2, -0.15) is 0 Å². The van der Waals surface area contributed by atoms with Crippen LogP contribution in [-0.2, 0) is 24.3 Å². The molecule has 1 N–H and O–H groups in total. The van der Waals surface area contributed by atoms with Crippen LogP contribution >= 0.6 is 0 Å². The Hall–Kier alpha value is -1.40. The van der Waals surface area contributed by atoms with Crippen LogP contribution in [0.25, 0.3) is 0 Å². The van der Waals surface area contributed by atoms with Crippen LogP contribution in [0.1, 0.15) is 24.4 Å². The van der Waals surface area contributed by atoms with Crippen LogP contribution in [0.5, 0.6) is 0 Å². The van der Waals surface area contributed by atoms with E-state index in [0.29, 0.717) is 12.8 Å². The number of fused-ring (bicyclic) bond motifs is 1. The maximum absolute atomic E-state index is 12.4. The van der Waals surface area contributed by atoms with Crippen molar-refractivity contribution in [3.63, 3.8) is 0 Å². The molecule has 2 heterocycles. The summed E-state index contributed by atoms with van der Waals surface area (Å²) in [6.45, 7) is 3.17. The van der Waals surface area contributed by atoms with Crippen molar-refractivity contribution in [1.29, 1.82) is 0 Å². The molecular formula is C15H24N4O2. The minimum absolute atomic E-state index is 0.0340. The third kappa shape index (κ3) is 2.96. The fourth-order valence-electron chi connectivity index (χ4n) is 3.21. The molecule has 0 radical (unpaired) electrons. The molecule has 1 aromatic rings. The van der Waals surface area contributed by atoms with Crippen LogP contribution < -0.4 is 0 Å². The Morgan fingerprint density at radius 2 is 2.14 bits per heavy atom. The van der Waals surface area contributed by atoms with Crippen molar-refractivity contribution in [2.24, 2.45) is 5.92 Å². The van der Waals surface area contributed by atoms with Crippen molar-refractivity contribution in [1.82, 2.24) is 19.4 Å². The summed E-state index contributed by atoms with van der Waals surface area (Å²) in [5, 5.41) is 9.36. The molecule has 0 aromatic carbocycles. The molecule has 1 amide bonds. The molecule has 116 valence electrons. The van der Waals surface area contributed by atoms with E-state index in [4.69, 9.17) is 0 Å². The maximum atomic E-state index is 12.4. The van der Waals surface area contributed by atoms with Crippen LogP contribution in [0.3, 0.4) is 0 Å². The van der Waals surface area contributed by atoms with Gasteiger partial charge in [0.15, 0.2) is 0 Å². The Morgan fingerprint density at radius 3 is 2.81 bits per heavy atom. The van der Waals surface area contributed by atoms with Crippen LogP contribution in [0.15, 0.2) is 6.20 Å². The third-order valence-electron chi connectivity index (χ3n) is 4.47. The minimum Gasteiger partial charge on any atom is -0.393 e. The number of aliphatic hydroxyl groups excluding tert-OH is 1. The molecule has 1 aliphatic heterocycles. The first-order valence-electron chi connectivity index (χ1n) is 7.69. The van der Waals surface area contributed by atoms with Gasteiger partial charge in [-0.05, 0) is 26.9 Å². The zero-order valence-corrected chi connectivity index (χ0v) is 12.8. The molecule has 0 spiro atoms. The third-order valence-corrected chi connectivity index (χ3v) is 4.47. The first kappa shape index (κ1) is 14.5. The quantitative estimate of drug-likeness (QED) is 0.858. The molecule has 0 bridgehead atoms. The van der Waals surface area contributed by atoms with Crippen molar-refractivity contribution in [2.45, 2.75) is 38.5 Å². The first-order chi connectivity index (χ1) is 10.0. The van der Waals surface area contributed by atoms with Crippen LogP contribution in [0.2, 0.25) is 0 Å². The van der Waals surface area contributed by atoms with E-state index in [1.54, 1.807) is 0 Å². The Labute approximate surface area is 125 Å². The molecule has 1 aromatic heterocycles. The lowest BCUT2D eigenvalue weighted by molar-refractivity contribution is -0.142.